The highest BCUT2D eigenvalue weighted by Gasteiger charge is 2.40. The second kappa shape index (κ2) is 10.4. The molecule has 23 heavy (non-hydrogen) atoms. The van der Waals surface area contributed by atoms with E-state index in [1.54, 1.807) is 6.92 Å². The first-order chi connectivity index (χ1) is 11.0. The van der Waals surface area contributed by atoms with Crippen molar-refractivity contribution >= 4 is 18.1 Å². The molecule has 1 unspecified atom stereocenters. The van der Waals surface area contributed by atoms with Crippen molar-refractivity contribution in [3.8, 4) is 0 Å². The number of amides is 1. The Morgan fingerprint density at radius 1 is 1.39 bits per heavy atom. The number of hydrogen-bond donors (Lipinski definition) is 2. The number of ether oxygens (including phenoxy) is 1. The Kier molecular flexibility index (Phi) is 8.84. The maximum atomic E-state index is 12.1. The number of rotatable bonds is 11. The van der Waals surface area contributed by atoms with Gasteiger partial charge in [-0.1, -0.05) is 12.8 Å². The molecule has 0 spiro atoms. The lowest BCUT2D eigenvalue weighted by molar-refractivity contribution is -0.128. The lowest BCUT2D eigenvalue weighted by atomic mass is 9.76. The predicted octanol–water partition coefficient (Wildman–Crippen LogP) is 1.85. The normalized spacial score (nSPS) is 18.0. The zero-order valence-corrected chi connectivity index (χ0v) is 14.3. The first-order valence-electron chi connectivity index (χ1n) is 8.56. The van der Waals surface area contributed by atoms with Crippen LogP contribution < -0.4 is 5.32 Å². The predicted molar refractivity (Wildman–Crippen MR) is 89.4 cm³/mol. The van der Waals surface area contributed by atoms with Crippen molar-refractivity contribution in [3.63, 3.8) is 0 Å². The molecule has 0 aromatic rings. The minimum absolute atomic E-state index is 0.0552. The second-order valence-corrected chi connectivity index (χ2v) is 6.24. The summed E-state index contributed by atoms with van der Waals surface area (Å²) in [6, 6.07) is -0.252. The first-order valence-corrected chi connectivity index (χ1v) is 8.56. The van der Waals surface area contributed by atoms with Gasteiger partial charge in [0, 0.05) is 25.0 Å². The average molecular weight is 326 g/mol. The molecule has 1 amide bonds. The molecule has 0 heterocycles. The Morgan fingerprint density at radius 2 is 2.09 bits per heavy atom. The van der Waals surface area contributed by atoms with Crippen molar-refractivity contribution in [2.45, 2.75) is 64.8 Å². The van der Waals surface area contributed by atoms with Gasteiger partial charge in [-0.3, -0.25) is 14.6 Å². The summed E-state index contributed by atoms with van der Waals surface area (Å²) in [7, 11) is 0. The van der Waals surface area contributed by atoms with Crippen LogP contribution in [0.15, 0.2) is 4.99 Å². The Balaban J connectivity index is 2.67. The zero-order chi connectivity index (χ0) is 17.1. The number of nitrogens with one attached hydrogen (secondary N) is 1. The Morgan fingerprint density at radius 3 is 2.65 bits per heavy atom. The molecule has 0 aliphatic heterocycles. The summed E-state index contributed by atoms with van der Waals surface area (Å²) in [6.45, 7) is 4.55. The van der Waals surface area contributed by atoms with E-state index in [0.717, 1.165) is 25.7 Å². The molecule has 1 aliphatic carbocycles. The van der Waals surface area contributed by atoms with Crippen LogP contribution in [0, 0.1) is 5.41 Å². The lowest BCUT2D eigenvalue weighted by Gasteiger charge is -2.28. The third kappa shape index (κ3) is 6.69. The number of carbonyl (C=O) groups excluding carboxylic acids is 2. The van der Waals surface area contributed by atoms with Crippen LogP contribution in [0.3, 0.4) is 0 Å². The summed E-state index contributed by atoms with van der Waals surface area (Å²) in [4.78, 5) is 28.5. The van der Waals surface area contributed by atoms with Gasteiger partial charge in [0.2, 0.25) is 5.91 Å². The third-order valence-electron chi connectivity index (χ3n) is 4.52. The fourth-order valence-electron chi connectivity index (χ4n) is 3.18. The van der Waals surface area contributed by atoms with Crippen molar-refractivity contribution in [2.24, 2.45) is 10.4 Å². The summed E-state index contributed by atoms with van der Waals surface area (Å²) in [5.41, 5.74) is -0.334. The Labute approximate surface area is 138 Å². The van der Waals surface area contributed by atoms with Gasteiger partial charge in [0.15, 0.2) is 6.40 Å². The van der Waals surface area contributed by atoms with Gasteiger partial charge < -0.3 is 15.2 Å². The highest BCUT2D eigenvalue weighted by atomic mass is 16.5. The molecule has 2 N–H and O–H groups in total. The van der Waals surface area contributed by atoms with Crippen LogP contribution in [0.1, 0.15) is 58.8 Å². The van der Waals surface area contributed by atoms with E-state index in [2.05, 4.69) is 10.3 Å². The van der Waals surface area contributed by atoms with E-state index in [0.29, 0.717) is 26.0 Å². The number of aliphatic imine (C=N–C) groups is 1. The maximum Gasteiger partial charge on any atom is 0.222 e. The molecule has 1 aliphatic rings. The molecule has 0 bridgehead atoms. The monoisotopic (exact) mass is 326 g/mol. The molecule has 1 saturated carbocycles. The molecule has 0 saturated heterocycles. The van der Waals surface area contributed by atoms with E-state index in [9.17, 15) is 9.59 Å². The van der Waals surface area contributed by atoms with Crippen LogP contribution in [0.2, 0.25) is 0 Å². The number of Topliss-reactive ketones (excluding diaryl/α,β-unsaturated/α-hetero) is 1. The molecule has 6 nitrogen and oxygen atoms in total. The van der Waals surface area contributed by atoms with Gasteiger partial charge in [-0.15, -0.1) is 0 Å². The number of hydrogen-bond acceptors (Lipinski definition) is 5. The lowest BCUT2D eigenvalue weighted by Crippen LogP contribution is -2.34. The number of nitrogens with zero attached hydrogens (tertiary/aromatic N) is 1. The van der Waals surface area contributed by atoms with Gasteiger partial charge in [0.1, 0.15) is 5.78 Å². The molecule has 1 fully saturated rings. The largest absolute Gasteiger partial charge is 0.484 e. The quantitative estimate of drug-likeness (QED) is 0.344. The maximum absolute atomic E-state index is 12.1. The molecule has 132 valence electrons. The van der Waals surface area contributed by atoms with Crippen molar-refractivity contribution in [2.75, 3.05) is 19.8 Å². The van der Waals surface area contributed by atoms with E-state index >= 15 is 0 Å². The minimum atomic E-state index is -0.334. The van der Waals surface area contributed by atoms with Crippen LogP contribution >= 0.6 is 0 Å². The standard InChI is InChI=1S/C17H30N2O4/c1-3-23-13-19-15(11-16(22)18-9-6-10-20)12-17(14(2)21)7-4-5-8-17/h13,15,20H,3-12H2,1-2H3,(H,18,22). The molecule has 0 radical (unpaired) electrons. The number of aliphatic hydroxyl groups excluding tert-OH is 1. The fourth-order valence-corrected chi connectivity index (χ4v) is 3.18. The number of carbonyl (C=O) groups is 2. The Hall–Kier alpha value is -1.43. The van der Waals surface area contributed by atoms with Crippen LogP contribution in [-0.2, 0) is 14.3 Å². The van der Waals surface area contributed by atoms with Gasteiger partial charge in [0.25, 0.3) is 0 Å². The summed E-state index contributed by atoms with van der Waals surface area (Å²) >= 11 is 0. The molecule has 0 aromatic carbocycles. The molecular formula is C17H30N2O4. The zero-order valence-electron chi connectivity index (χ0n) is 14.3. The van der Waals surface area contributed by atoms with Crippen molar-refractivity contribution in [3.05, 3.63) is 0 Å². The SMILES string of the molecule is CCOC=NC(CC(=O)NCCCO)CC1(C(C)=O)CCCC1. The molecular weight excluding hydrogens is 296 g/mol. The average Bonchev–Trinajstić information content (AvgIpc) is 2.97. The van der Waals surface area contributed by atoms with Crippen LogP contribution in [0.4, 0.5) is 0 Å². The molecule has 0 aromatic heterocycles. The highest BCUT2D eigenvalue weighted by molar-refractivity contribution is 5.83. The summed E-state index contributed by atoms with van der Waals surface area (Å²) in [6.07, 6.45) is 6.66. The van der Waals surface area contributed by atoms with Crippen molar-refractivity contribution in [1.82, 2.24) is 5.32 Å². The molecule has 6 heteroatoms. The van der Waals surface area contributed by atoms with E-state index in [1.165, 1.54) is 6.40 Å². The summed E-state index contributed by atoms with van der Waals surface area (Å²) in [5, 5.41) is 11.5. The molecule has 1 atom stereocenters. The van der Waals surface area contributed by atoms with Crippen LogP contribution in [0.5, 0.6) is 0 Å². The van der Waals surface area contributed by atoms with Crippen molar-refractivity contribution < 1.29 is 19.4 Å². The van der Waals surface area contributed by atoms with E-state index < -0.39 is 0 Å². The topological polar surface area (TPSA) is 88.0 Å². The van der Waals surface area contributed by atoms with E-state index in [1.807, 2.05) is 6.92 Å². The van der Waals surface area contributed by atoms with E-state index in [4.69, 9.17) is 9.84 Å². The highest BCUT2D eigenvalue weighted by Crippen LogP contribution is 2.43. The summed E-state index contributed by atoms with van der Waals surface area (Å²) < 4.78 is 5.16. The third-order valence-corrected chi connectivity index (χ3v) is 4.52. The number of aliphatic hydroxyl groups is 1. The van der Waals surface area contributed by atoms with Crippen molar-refractivity contribution in [1.29, 1.82) is 0 Å². The van der Waals surface area contributed by atoms with Crippen LogP contribution in [0.25, 0.3) is 0 Å². The minimum Gasteiger partial charge on any atom is -0.484 e. The molecule has 1 rings (SSSR count). The van der Waals surface area contributed by atoms with Gasteiger partial charge in [-0.25, -0.2) is 0 Å². The Bertz CT molecular complexity index is 403. The van der Waals surface area contributed by atoms with Gasteiger partial charge >= 0.3 is 0 Å². The van der Waals surface area contributed by atoms with Gasteiger partial charge in [-0.2, -0.15) is 0 Å². The summed E-state index contributed by atoms with van der Waals surface area (Å²) in [5.74, 6) is 0.0982. The number of ketones is 1. The van der Waals surface area contributed by atoms with E-state index in [-0.39, 0.29) is 36.2 Å². The smallest absolute Gasteiger partial charge is 0.222 e. The second-order valence-electron chi connectivity index (χ2n) is 6.24. The van der Waals surface area contributed by atoms with Gasteiger partial charge in [-0.05, 0) is 39.5 Å². The van der Waals surface area contributed by atoms with Crippen LogP contribution in [-0.4, -0.2) is 49.0 Å². The van der Waals surface area contributed by atoms with Gasteiger partial charge in [0.05, 0.1) is 12.6 Å². The first kappa shape index (κ1) is 19.6. The fraction of sp³-hybridized carbons (Fsp3) is 0.824.